The number of nitrogens with zero attached hydrogens (tertiary/aromatic N) is 4. The van der Waals surface area contributed by atoms with Crippen LogP contribution in [0.15, 0.2) is 286 Å². The van der Waals surface area contributed by atoms with Crippen LogP contribution in [0.1, 0.15) is 92.7 Å². The lowest BCUT2D eigenvalue weighted by atomic mass is 9.86. The third-order valence-corrected chi connectivity index (χ3v) is 26.0. The van der Waals surface area contributed by atoms with Crippen LogP contribution in [0.4, 0.5) is 37.7 Å². The molecule has 1 aliphatic heterocycles. The maximum Gasteiger partial charge on any atom is 0.319 e. The molecule has 750 valence electrons. The summed E-state index contributed by atoms with van der Waals surface area (Å²) >= 11 is 5.56. The van der Waals surface area contributed by atoms with Crippen LogP contribution in [-0.2, 0) is 72.4 Å². The van der Waals surface area contributed by atoms with Crippen molar-refractivity contribution in [3.8, 4) is 69.0 Å². The normalized spacial score (nSPS) is 17.6. The molecule has 5 N–H and O–H groups in total. The van der Waals surface area contributed by atoms with E-state index in [9.17, 15) is 51.4 Å². The van der Waals surface area contributed by atoms with Gasteiger partial charge in [-0.2, -0.15) is 0 Å². The molecule has 14 aromatic rings. The van der Waals surface area contributed by atoms with Gasteiger partial charge in [-0.25, -0.2) is 26.3 Å². The number of methoxy groups -OCH3 is 3. The summed E-state index contributed by atoms with van der Waals surface area (Å²) in [5.41, 5.74) is 8.70. The van der Waals surface area contributed by atoms with Crippen molar-refractivity contribution in [2.45, 2.75) is 98.2 Å². The summed E-state index contributed by atoms with van der Waals surface area (Å²) in [6, 6.07) is 63.9. The zero-order valence-corrected chi connectivity index (χ0v) is 81.4. The van der Waals surface area contributed by atoms with Crippen molar-refractivity contribution >= 4 is 90.7 Å². The molecular weight excluding hydrogens is 1890 g/mol. The van der Waals surface area contributed by atoms with Crippen molar-refractivity contribution in [2.75, 3.05) is 71.1 Å². The number of Topliss-reactive ketones (excluding diaryl/α,β-unsaturated/α-hetero) is 4. The maximum atomic E-state index is 15.3. The van der Waals surface area contributed by atoms with Crippen molar-refractivity contribution < 1.29 is 108 Å². The Morgan fingerprint density at radius 1 is 0.421 bits per heavy atom. The fourth-order valence-corrected chi connectivity index (χ4v) is 17.2. The summed E-state index contributed by atoms with van der Waals surface area (Å²) in [5, 5.41) is 23.3. The van der Waals surface area contributed by atoms with E-state index < -0.39 is 57.2 Å². The van der Waals surface area contributed by atoms with Gasteiger partial charge in [0.15, 0.2) is 92.3 Å². The Labute approximate surface area is 839 Å². The number of amides is 1. The number of hydrogen-bond acceptors (Lipinski definition) is 21. The molecule has 1 saturated heterocycles. The van der Waals surface area contributed by atoms with Crippen LogP contribution in [0.25, 0.3) is 32.7 Å². The van der Waals surface area contributed by atoms with Gasteiger partial charge in [-0.1, -0.05) is 142 Å². The monoisotopic (exact) mass is 1990 g/mol. The molecule has 0 radical (unpaired) electrons. The summed E-state index contributed by atoms with van der Waals surface area (Å²) in [6.45, 7) is 11.3. The van der Waals surface area contributed by atoms with Crippen molar-refractivity contribution in [3.63, 3.8) is 0 Å². The number of phenols is 1. The minimum atomic E-state index is -1.31. The number of carboxylic acids is 1. The lowest BCUT2D eigenvalue weighted by molar-refractivity contribution is -0.148. The van der Waals surface area contributed by atoms with Gasteiger partial charge in [-0.15, -0.1) is 11.6 Å². The molecule has 0 spiro atoms. The number of hydrogen-bond donors (Lipinski definition) is 4. The predicted octanol–water partition coefficient (Wildman–Crippen LogP) is 23.9. The van der Waals surface area contributed by atoms with Gasteiger partial charge in [0.1, 0.15) is 53.3 Å². The van der Waals surface area contributed by atoms with E-state index in [2.05, 4.69) is 49.5 Å². The Bertz CT molecular complexity index is 6990. The number of phenolic OH excluding ortho intramolecular Hbond substituents is 1. The van der Waals surface area contributed by atoms with Gasteiger partial charge in [-0.3, -0.25) is 48.6 Å². The zero-order chi connectivity index (χ0) is 103. The third-order valence-electron chi connectivity index (χ3n) is 25.7. The maximum absolute atomic E-state index is 15.3. The zero-order valence-electron chi connectivity index (χ0n) is 80.6. The summed E-state index contributed by atoms with van der Waals surface area (Å²) in [6.07, 6.45) is 17.9. The average molecular weight is 2000 g/mol. The van der Waals surface area contributed by atoms with Gasteiger partial charge in [0.2, 0.25) is 5.91 Å². The lowest BCUT2D eigenvalue weighted by Gasteiger charge is -2.25. The number of morpholine rings is 1. The number of pyridine rings is 3. The van der Waals surface area contributed by atoms with E-state index in [4.69, 9.17) is 65.1 Å². The number of benzene rings is 11. The molecule has 145 heavy (non-hydrogen) atoms. The number of aromatic hydroxyl groups is 1. The highest BCUT2D eigenvalue weighted by molar-refractivity contribution is 6.18. The number of aromatic nitrogens is 3. The summed E-state index contributed by atoms with van der Waals surface area (Å²) in [4.78, 5) is 91.2. The van der Waals surface area contributed by atoms with Gasteiger partial charge in [0.05, 0.1) is 61.9 Å². The van der Waals surface area contributed by atoms with Crippen molar-refractivity contribution in [1.29, 1.82) is 0 Å². The molecule has 5 aliphatic rings. The molecule has 3 saturated carbocycles. The summed E-state index contributed by atoms with van der Waals surface area (Å²) < 4.78 is 135. The van der Waals surface area contributed by atoms with Gasteiger partial charge in [-0.05, 0) is 218 Å². The van der Waals surface area contributed by atoms with E-state index in [-0.39, 0.29) is 101 Å². The number of carbonyl (C=O) groups excluding carboxylic acids is 5. The van der Waals surface area contributed by atoms with Crippen LogP contribution in [0, 0.1) is 68.9 Å². The first-order valence-corrected chi connectivity index (χ1v) is 47.7. The number of rotatable bonds is 33. The Balaban J connectivity index is 0.000000150. The average Bonchev–Trinajstić information content (AvgIpc) is 1.58. The molecular formula is C115H109ClF6N6O17. The minimum absolute atomic E-state index is 0.0241. The first-order chi connectivity index (χ1) is 70.0. The Kier molecular flexibility index (Phi) is 35.6. The number of alkyl halides is 1. The lowest BCUT2D eigenvalue weighted by Crippen LogP contribution is -2.36. The molecule has 3 aromatic heterocycles. The van der Waals surface area contributed by atoms with Crippen molar-refractivity contribution in [2.24, 2.45) is 34.0 Å². The molecule has 11 aromatic carbocycles. The third kappa shape index (κ3) is 26.9. The molecule has 0 bridgehead atoms. The molecule has 23 nitrogen and oxygen atoms in total. The topological polar surface area (TPSA) is 306 Å². The molecule has 0 unspecified atom stereocenters. The number of halogens is 7. The van der Waals surface area contributed by atoms with E-state index in [0.717, 1.165) is 69.1 Å². The standard InChI is InChI=1S/C37H31F2NO5.C30H25F2NO5.C23H19FN2O3.C12H12FNO3.C7H14ClNO.C6H8/c1-23-21-37(23,35(41)17-24-8-11-27(38)12-9-24)36(42)18-26-10-13-32(29(39)16-26)45-31-14-15-40-30-20-34(33(43-2)19-28(30)31)44-22-25-6-4-3-5-7-25;1-17-16-30(17,28(35)12-18-3-6-20(31)7-4-18)29(36)13-19-5-8-26(22(32)11-19)38-25-9-10-33-23-15-24(34)27(37-2)14-21(23)25;1-27-22-12-17-19(13-23(22)28-14-15-5-3-2-4-6-15)26-10-9-20(17)29-21-8-7-16(25)11-18(21)24;1-7-6-12(7,11(16)17)10(15)14-9-4-2-8(13)3-5-9;8-2-1-3-9-4-6-10-7-5-9;1-2-4-6-5-3-1/h3-16,19-20,23H,17-18,21-22H2,1-2H3;3-11,14-15,17,34H,12-13,16H2,1-2H3;2-13H,14,25H2,1H3;2-5,7H,6H2,1H3,(H,14,15)(H,16,17);1-7H2;1-2,5-6H,3-4H2/t23-,37+;17-,30+;;7-,12+;;/m11.1../s1. The second-order valence-corrected chi connectivity index (χ2v) is 36.0. The van der Waals surface area contributed by atoms with E-state index in [1.54, 1.807) is 105 Å². The van der Waals surface area contributed by atoms with Crippen LogP contribution in [0.3, 0.4) is 0 Å². The molecule has 4 aliphatic carbocycles. The number of aliphatic carboxylic acids is 1. The Morgan fingerprint density at radius 2 is 0.779 bits per heavy atom. The highest BCUT2D eigenvalue weighted by Crippen LogP contribution is 2.57. The number of carbonyl (C=O) groups is 6. The number of ether oxygens (including phenoxy) is 9. The second kappa shape index (κ2) is 49.0. The largest absolute Gasteiger partial charge is 0.504 e. The first kappa shape index (κ1) is 105. The van der Waals surface area contributed by atoms with Crippen LogP contribution in [-0.4, -0.2) is 125 Å². The SMILES string of the molecule is C1=CCC=CC1.COc1cc2c(Oc3ccc(CC(=O)[C@@]4(C(=O)Cc5ccc(F)cc5)C[C@H]4C)cc3F)ccnc2cc1O.COc1cc2c(Oc3ccc(CC(=O)[C@@]4(C(=O)Cc5ccc(F)cc5)C[C@H]4C)cc3F)ccnc2cc1OCc1ccccc1.COc1cc2c(Oc3ccc(N)cc3F)ccnc2cc1OCc1ccccc1.C[C@@H]1C[C@@]1(C(=O)O)C(=O)Nc1ccc(F)cc1.ClCCCN1CCOCC1. The van der Waals surface area contributed by atoms with Crippen LogP contribution in [0.5, 0.6) is 69.0 Å². The highest BCUT2D eigenvalue weighted by Gasteiger charge is 2.64. The van der Waals surface area contributed by atoms with Gasteiger partial charge in [0.25, 0.3) is 0 Å². The van der Waals surface area contributed by atoms with E-state index in [1.807, 2.05) is 74.5 Å². The number of nitrogens with two attached hydrogens (primary N) is 1. The van der Waals surface area contributed by atoms with Crippen LogP contribution < -0.4 is 48.9 Å². The van der Waals surface area contributed by atoms with E-state index in [0.29, 0.717) is 139 Å². The quantitative estimate of drug-likeness (QED) is 0.00976. The predicted molar refractivity (Wildman–Crippen MR) is 541 cm³/mol. The Hall–Kier alpha value is -15.5. The number of nitrogen functional groups attached to an aromatic ring is 1. The van der Waals surface area contributed by atoms with Crippen LogP contribution in [0.2, 0.25) is 0 Å². The van der Waals surface area contributed by atoms with Crippen molar-refractivity contribution in [3.05, 3.63) is 354 Å². The molecule has 1 amide bonds. The van der Waals surface area contributed by atoms with Gasteiger partial charge >= 0.3 is 5.97 Å². The number of allylic oxidation sites excluding steroid dienone is 4. The number of carboxylic acid groups (broad SMARTS) is 1. The number of anilines is 2. The molecule has 4 fully saturated rings. The smallest absolute Gasteiger partial charge is 0.319 e. The molecule has 19 rings (SSSR count). The minimum Gasteiger partial charge on any atom is -0.504 e. The van der Waals surface area contributed by atoms with Crippen LogP contribution >= 0.6 is 11.6 Å². The summed E-state index contributed by atoms with van der Waals surface area (Å²) in [7, 11) is 4.52. The Morgan fingerprint density at radius 3 is 1.14 bits per heavy atom. The van der Waals surface area contributed by atoms with Gasteiger partial charge < -0.3 is 63.9 Å². The number of ketones is 4. The molecule has 30 heteroatoms. The highest BCUT2D eigenvalue weighted by atomic mass is 35.5. The van der Waals surface area contributed by atoms with Crippen molar-refractivity contribution in [1.82, 2.24) is 19.9 Å². The van der Waals surface area contributed by atoms with Gasteiger partial charge in [0, 0.05) is 115 Å². The summed E-state index contributed by atoms with van der Waals surface area (Å²) in [5.74, 6) is -1.81. The molecule has 6 atom stereocenters. The first-order valence-electron chi connectivity index (χ1n) is 47.2. The van der Waals surface area contributed by atoms with E-state index in [1.165, 1.54) is 124 Å². The fourth-order valence-electron chi connectivity index (χ4n) is 17.1. The fraction of sp³-hybridized carbons (Fsp3) is 0.261. The van der Waals surface area contributed by atoms with E-state index >= 15 is 8.78 Å². The second-order valence-electron chi connectivity index (χ2n) is 35.6. The molecule has 4 heterocycles. The number of fused-ring (bicyclic) bond motifs is 3. The number of nitrogens with one attached hydrogen (secondary N) is 1.